The summed E-state index contributed by atoms with van der Waals surface area (Å²) in [5.74, 6) is -0.0194. The number of ether oxygens (including phenoxy) is 2. The Morgan fingerprint density at radius 3 is 2.08 bits per heavy atom. The molecule has 1 heterocycles. The van der Waals surface area contributed by atoms with E-state index in [2.05, 4.69) is 5.16 Å². The summed E-state index contributed by atoms with van der Waals surface area (Å²) in [6, 6.07) is 19.1. The van der Waals surface area contributed by atoms with Crippen molar-refractivity contribution in [2.45, 2.75) is 31.2 Å². The van der Waals surface area contributed by atoms with Crippen molar-refractivity contribution in [2.75, 3.05) is 6.61 Å². The van der Waals surface area contributed by atoms with Gasteiger partial charge in [0.25, 0.3) is 0 Å². The number of benzene rings is 2. The lowest BCUT2D eigenvalue weighted by Gasteiger charge is -2.38. The molecule has 5 nitrogen and oxygen atoms in total. The summed E-state index contributed by atoms with van der Waals surface area (Å²) in [6.45, 7) is 0.653. The van der Waals surface area contributed by atoms with E-state index in [1.807, 2.05) is 60.7 Å². The second-order valence-corrected chi connectivity index (χ2v) is 5.81. The maximum Gasteiger partial charge on any atom is 0.181 e. The Balaban J connectivity index is 2.13. The van der Waals surface area contributed by atoms with Gasteiger partial charge in [-0.25, -0.2) is 0 Å². The fourth-order valence-corrected chi connectivity index (χ4v) is 3.08. The molecule has 24 heavy (non-hydrogen) atoms. The van der Waals surface area contributed by atoms with Crippen LogP contribution in [-0.2, 0) is 15.1 Å². The molecule has 2 aromatic rings. The summed E-state index contributed by atoms with van der Waals surface area (Å²) in [7, 11) is 0. The quantitative estimate of drug-likeness (QED) is 0.383. The summed E-state index contributed by atoms with van der Waals surface area (Å²) in [6.07, 6.45) is 2.42. The zero-order chi connectivity index (χ0) is 16.8. The van der Waals surface area contributed by atoms with Crippen LogP contribution in [0, 0.1) is 0 Å². The first-order chi connectivity index (χ1) is 11.8. The average Bonchev–Trinajstić information content (AvgIpc) is 2.67. The van der Waals surface area contributed by atoms with Crippen LogP contribution in [0.3, 0.4) is 0 Å². The Morgan fingerprint density at radius 1 is 1.04 bits per heavy atom. The number of hydrogen-bond acceptors (Lipinski definition) is 4. The van der Waals surface area contributed by atoms with Gasteiger partial charge in [-0.05, 0) is 30.4 Å². The minimum Gasteiger partial charge on any atom is -0.409 e. The van der Waals surface area contributed by atoms with Crippen molar-refractivity contribution in [3.63, 3.8) is 0 Å². The molecule has 0 saturated carbocycles. The largest absolute Gasteiger partial charge is 0.409 e. The molecule has 2 aromatic carbocycles. The average molecular weight is 326 g/mol. The van der Waals surface area contributed by atoms with Crippen LogP contribution in [-0.4, -0.2) is 23.9 Å². The van der Waals surface area contributed by atoms with Crippen molar-refractivity contribution in [2.24, 2.45) is 10.9 Å². The van der Waals surface area contributed by atoms with Crippen LogP contribution in [0.5, 0.6) is 0 Å². The number of amidine groups is 1. The Morgan fingerprint density at radius 2 is 1.62 bits per heavy atom. The van der Waals surface area contributed by atoms with Crippen LogP contribution in [0.1, 0.15) is 30.4 Å². The Bertz CT molecular complexity index is 628. The minimum atomic E-state index is -1.20. The van der Waals surface area contributed by atoms with Gasteiger partial charge in [0.15, 0.2) is 17.7 Å². The highest BCUT2D eigenvalue weighted by Gasteiger charge is 2.43. The molecule has 0 amide bonds. The minimum absolute atomic E-state index is 0.0194. The molecule has 3 N–H and O–H groups in total. The second-order valence-electron chi connectivity index (χ2n) is 5.81. The highest BCUT2D eigenvalue weighted by Crippen LogP contribution is 2.37. The van der Waals surface area contributed by atoms with E-state index in [0.29, 0.717) is 6.61 Å². The van der Waals surface area contributed by atoms with E-state index < -0.39 is 11.9 Å². The van der Waals surface area contributed by atoms with Crippen molar-refractivity contribution in [1.29, 1.82) is 0 Å². The fourth-order valence-electron chi connectivity index (χ4n) is 3.08. The van der Waals surface area contributed by atoms with Crippen molar-refractivity contribution < 1.29 is 14.7 Å². The summed E-state index contributed by atoms with van der Waals surface area (Å²) < 4.78 is 12.1. The summed E-state index contributed by atoms with van der Waals surface area (Å²) in [5, 5.41) is 12.8. The van der Waals surface area contributed by atoms with Crippen LogP contribution in [0.2, 0.25) is 0 Å². The maximum absolute atomic E-state index is 9.46. The molecule has 1 atom stereocenters. The Labute approximate surface area is 141 Å². The predicted octanol–water partition coefficient (Wildman–Crippen LogP) is 3.22. The molecule has 0 radical (unpaired) electrons. The van der Waals surface area contributed by atoms with E-state index in [1.165, 1.54) is 0 Å². The van der Waals surface area contributed by atoms with Gasteiger partial charge >= 0.3 is 0 Å². The van der Waals surface area contributed by atoms with Crippen LogP contribution in [0.15, 0.2) is 65.8 Å². The smallest absolute Gasteiger partial charge is 0.181 e. The zero-order valence-electron chi connectivity index (χ0n) is 13.5. The summed E-state index contributed by atoms with van der Waals surface area (Å²) in [4.78, 5) is 0. The molecule has 0 aromatic heterocycles. The van der Waals surface area contributed by atoms with Gasteiger partial charge in [-0.3, -0.25) is 0 Å². The molecular formula is C19H22N2O3. The molecule has 0 aliphatic carbocycles. The zero-order valence-corrected chi connectivity index (χ0v) is 13.5. The van der Waals surface area contributed by atoms with Crippen molar-refractivity contribution in [3.05, 3.63) is 71.8 Å². The number of nitrogens with two attached hydrogens (primary N) is 1. The molecule has 1 saturated heterocycles. The van der Waals surface area contributed by atoms with Gasteiger partial charge in [0.05, 0.1) is 0 Å². The second kappa shape index (κ2) is 7.47. The lowest BCUT2D eigenvalue weighted by molar-refractivity contribution is -0.198. The first-order valence-electron chi connectivity index (χ1n) is 8.16. The number of nitrogens with zero attached hydrogens (tertiary/aromatic N) is 1. The third-order valence-corrected chi connectivity index (χ3v) is 4.28. The monoisotopic (exact) mass is 326 g/mol. The molecular weight excluding hydrogens is 304 g/mol. The predicted molar refractivity (Wildman–Crippen MR) is 91.7 cm³/mol. The maximum atomic E-state index is 9.46. The SMILES string of the molecule is NC(=NO)C(OC1CCCCO1)(c1ccccc1)c1ccccc1. The molecule has 1 aliphatic rings. The summed E-state index contributed by atoms with van der Waals surface area (Å²) >= 11 is 0. The topological polar surface area (TPSA) is 77.1 Å². The molecule has 1 fully saturated rings. The van der Waals surface area contributed by atoms with E-state index in [9.17, 15) is 5.21 Å². The fraction of sp³-hybridized carbons (Fsp3) is 0.316. The highest BCUT2D eigenvalue weighted by atomic mass is 16.7. The lowest BCUT2D eigenvalue weighted by atomic mass is 9.84. The van der Waals surface area contributed by atoms with Crippen LogP contribution in [0.4, 0.5) is 0 Å². The van der Waals surface area contributed by atoms with Gasteiger partial charge < -0.3 is 20.4 Å². The third kappa shape index (κ3) is 3.13. The van der Waals surface area contributed by atoms with Crippen molar-refractivity contribution in [1.82, 2.24) is 0 Å². The first kappa shape index (κ1) is 16.5. The standard InChI is InChI=1S/C19H22N2O3/c20-18(21-22)19(15-9-3-1-4-10-15,16-11-5-2-6-12-16)24-17-13-7-8-14-23-17/h1-6,9-12,17,22H,7-8,13-14H2,(H2,20,21). The molecule has 1 unspecified atom stereocenters. The Kier molecular flexibility index (Phi) is 5.13. The Hall–Kier alpha value is -2.37. The van der Waals surface area contributed by atoms with E-state index in [1.54, 1.807) is 0 Å². The number of hydrogen-bond donors (Lipinski definition) is 2. The normalized spacial score (nSPS) is 19.2. The van der Waals surface area contributed by atoms with Gasteiger partial charge in [0.1, 0.15) is 0 Å². The molecule has 0 bridgehead atoms. The van der Waals surface area contributed by atoms with E-state index in [0.717, 1.165) is 30.4 Å². The molecule has 3 rings (SSSR count). The highest BCUT2D eigenvalue weighted by molar-refractivity contribution is 5.93. The molecule has 5 heteroatoms. The van der Waals surface area contributed by atoms with Crippen LogP contribution in [0.25, 0.3) is 0 Å². The van der Waals surface area contributed by atoms with Crippen molar-refractivity contribution >= 4 is 5.84 Å². The van der Waals surface area contributed by atoms with Crippen molar-refractivity contribution in [3.8, 4) is 0 Å². The van der Waals surface area contributed by atoms with Gasteiger partial charge in [-0.15, -0.1) is 0 Å². The molecule has 126 valence electrons. The first-order valence-corrected chi connectivity index (χ1v) is 8.16. The van der Waals surface area contributed by atoms with Crippen LogP contribution < -0.4 is 5.73 Å². The van der Waals surface area contributed by atoms with Gasteiger partial charge in [0, 0.05) is 6.61 Å². The van der Waals surface area contributed by atoms with E-state index >= 15 is 0 Å². The summed E-state index contributed by atoms with van der Waals surface area (Å²) in [5.41, 5.74) is 6.54. The van der Waals surface area contributed by atoms with E-state index in [-0.39, 0.29) is 5.84 Å². The third-order valence-electron chi connectivity index (χ3n) is 4.28. The van der Waals surface area contributed by atoms with Crippen LogP contribution >= 0.6 is 0 Å². The van der Waals surface area contributed by atoms with Gasteiger partial charge in [-0.2, -0.15) is 0 Å². The number of rotatable bonds is 5. The van der Waals surface area contributed by atoms with E-state index in [4.69, 9.17) is 15.2 Å². The molecule has 1 aliphatic heterocycles. The van der Waals surface area contributed by atoms with Gasteiger partial charge in [-0.1, -0.05) is 65.8 Å². The number of oxime groups is 1. The van der Waals surface area contributed by atoms with Gasteiger partial charge in [0.2, 0.25) is 0 Å². The molecule has 0 spiro atoms. The lowest BCUT2D eigenvalue weighted by Crippen LogP contribution is -2.48.